The summed E-state index contributed by atoms with van der Waals surface area (Å²) in [6.07, 6.45) is 4.62. The van der Waals surface area contributed by atoms with Crippen LogP contribution in [-0.2, 0) is 0 Å². The number of carbonyl (C=O) groups excluding carboxylic acids is 1. The van der Waals surface area contributed by atoms with Crippen LogP contribution in [0.15, 0.2) is 30.6 Å². The minimum Gasteiger partial charge on any atom is -0.351 e. The fourth-order valence-corrected chi connectivity index (χ4v) is 1.61. The number of imidazole rings is 1. The van der Waals surface area contributed by atoms with Gasteiger partial charge in [0.2, 0.25) is 0 Å². The second kappa shape index (κ2) is 4.99. The highest BCUT2D eigenvalue weighted by molar-refractivity contribution is 5.92. The summed E-state index contributed by atoms with van der Waals surface area (Å²) in [6.45, 7) is 4.97. The van der Waals surface area contributed by atoms with E-state index in [2.05, 4.69) is 24.1 Å². The number of hydrogen-bond donors (Lipinski definition) is 1. The average molecular weight is 231 g/mol. The molecule has 0 aliphatic heterocycles. The number of rotatable bonds is 4. The van der Waals surface area contributed by atoms with Crippen molar-refractivity contribution in [2.75, 3.05) is 6.54 Å². The first-order valence-electron chi connectivity index (χ1n) is 5.89. The van der Waals surface area contributed by atoms with E-state index < -0.39 is 0 Å². The van der Waals surface area contributed by atoms with Crippen molar-refractivity contribution in [1.29, 1.82) is 0 Å². The fourth-order valence-electron chi connectivity index (χ4n) is 1.61. The van der Waals surface area contributed by atoms with Crippen LogP contribution in [0.25, 0.3) is 5.65 Å². The topological polar surface area (TPSA) is 46.4 Å². The van der Waals surface area contributed by atoms with Gasteiger partial charge in [-0.25, -0.2) is 4.98 Å². The number of nitrogens with one attached hydrogen (secondary N) is 1. The van der Waals surface area contributed by atoms with Crippen LogP contribution in [-0.4, -0.2) is 21.8 Å². The van der Waals surface area contributed by atoms with E-state index in [4.69, 9.17) is 0 Å². The van der Waals surface area contributed by atoms with E-state index in [0.717, 1.165) is 12.1 Å². The van der Waals surface area contributed by atoms with E-state index in [1.807, 2.05) is 28.8 Å². The molecule has 0 unspecified atom stereocenters. The molecule has 0 aliphatic rings. The Morgan fingerprint density at radius 2 is 2.29 bits per heavy atom. The molecule has 0 saturated carbocycles. The highest BCUT2D eigenvalue weighted by Gasteiger charge is 2.09. The molecule has 0 spiro atoms. The Hall–Kier alpha value is -1.84. The zero-order valence-electron chi connectivity index (χ0n) is 10.2. The van der Waals surface area contributed by atoms with Crippen LogP contribution < -0.4 is 5.32 Å². The molecular formula is C13H17N3O. The van der Waals surface area contributed by atoms with Gasteiger partial charge < -0.3 is 9.72 Å². The highest BCUT2D eigenvalue weighted by atomic mass is 16.1. The van der Waals surface area contributed by atoms with Crippen molar-refractivity contribution < 1.29 is 4.79 Å². The van der Waals surface area contributed by atoms with Gasteiger partial charge in [-0.05, 0) is 24.5 Å². The maximum Gasteiger partial charge on any atom is 0.271 e. The Kier molecular flexibility index (Phi) is 3.42. The minimum atomic E-state index is -0.102. The molecular weight excluding hydrogens is 214 g/mol. The summed E-state index contributed by atoms with van der Waals surface area (Å²) >= 11 is 0. The Labute approximate surface area is 101 Å². The summed E-state index contributed by atoms with van der Waals surface area (Å²) in [5, 5.41) is 2.88. The van der Waals surface area contributed by atoms with Crippen LogP contribution in [0, 0.1) is 5.92 Å². The van der Waals surface area contributed by atoms with E-state index in [1.54, 1.807) is 6.20 Å². The number of carbonyl (C=O) groups is 1. The van der Waals surface area contributed by atoms with Crippen LogP contribution in [0.2, 0.25) is 0 Å². The largest absolute Gasteiger partial charge is 0.351 e. The van der Waals surface area contributed by atoms with Crippen molar-refractivity contribution in [2.24, 2.45) is 5.92 Å². The molecule has 0 radical (unpaired) electrons. The molecule has 0 atom stereocenters. The van der Waals surface area contributed by atoms with Crippen molar-refractivity contribution in [3.05, 3.63) is 36.3 Å². The standard InChI is InChI=1S/C13H17N3O/c1-10(2)6-7-14-13(17)11-9-16-8-4-3-5-12(16)15-11/h3-5,8-10H,6-7H2,1-2H3,(H,14,17). The number of hydrogen-bond acceptors (Lipinski definition) is 2. The molecule has 2 aromatic heterocycles. The normalized spacial score (nSPS) is 11.0. The Morgan fingerprint density at radius 1 is 1.47 bits per heavy atom. The summed E-state index contributed by atoms with van der Waals surface area (Å²) in [6, 6.07) is 5.70. The summed E-state index contributed by atoms with van der Waals surface area (Å²) in [5.41, 5.74) is 1.27. The molecule has 0 aromatic carbocycles. The molecule has 2 heterocycles. The summed E-state index contributed by atoms with van der Waals surface area (Å²) < 4.78 is 1.84. The van der Waals surface area contributed by atoms with Crippen molar-refractivity contribution in [3.63, 3.8) is 0 Å². The monoisotopic (exact) mass is 231 g/mol. The molecule has 1 N–H and O–H groups in total. The van der Waals surface area contributed by atoms with Crippen molar-refractivity contribution in [1.82, 2.24) is 14.7 Å². The Morgan fingerprint density at radius 3 is 3.00 bits per heavy atom. The Bertz CT molecular complexity index is 483. The summed E-state index contributed by atoms with van der Waals surface area (Å²) in [4.78, 5) is 16.1. The molecule has 2 aromatic rings. The van der Waals surface area contributed by atoms with Gasteiger partial charge in [-0.3, -0.25) is 4.79 Å². The molecule has 0 aliphatic carbocycles. The van der Waals surface area contributed by atoms with E-state index in [-0.39, 0.29) is 5.91 Å². The molecule has 2 rings (SSSR count). The van der Waals surface area contributed by atoms with E-state index in [1.165, 1.54) is 0 Å². The van der Waals surface area contributed by atoms with Crippen molar-refractivity contribution in [2.45, 2.75) is 20.3 Å². The van der Waals surface area contributed by atoms with Crippen molar-refractivity contribution in [3.8, 4) is 0 Å². The molecule has 0 saturated heterocycles. The SMILES string of the molecule is CC(C)CCNC(=O)c1cn2ccccc2n1. The number of amides is 1. The van der Waals surface area contributed by atoms with E-state index >= 15 is 0 Å². The fraction of sp³-hybridized carbons (Fsp3) is 0.385. The third kappa shape index (κ3) is 2.84. The molecule has 0 bridgehead atoms. The van der Waals surface area contributed by atoms with Gasteiger partial charge in [0.1, 0.15) is 11.3 Å². The third-order valence-electron chi connectivity index (χ3n) is 2.60. The van der Waals surface area contributed by atoms with Gasteiger partial charge in [0, 0.05) is 18.9 Å². The lowest BCUT2D eigenvalue weighted by Gasteiger charge is -2.04. The lowest BCUT2D eigenvalue weighted by Crippen LogP contribution is -2.25. The van der Waals surface area contributed by atoms with Gasteiger partial charge in [-0.15, -0.1) is 0 Å². The molecule has 0 fully saturated rings. The molecule has 4 nitrogen and oxygen atoms in total. The van der Waals surface area contributed by atoms with Crippen LogP contribution in [0.4, 0.5) is 0 Å². The number of pyridine rings is 1. The van der Waals surface area contributed by atoms with Gasteiger partial charge in [0.15, 0.2) is 0 Å². The van der Waals surface area contributed by atoms with Gasteiger partial charge in [-0.2, -0.15) is 0 Å². The molecule has 4 heteroatoms. The van der Waals surface area contributed by atoms with Gasteiger partial charge >= 0.3 is 0 Å². The van der Waals surface area contributed by atoms with Gasteiger partial charge in [0.05, 0.1) is 0 Å². The molecule has 17 heavy (non-hydrogen) atoms. The smallest absolute Gasteiger partial charge is 0.271 e. The van der Waals surface area contributed by atoms with E-state index in [0.29, 0.717) is 18.2 Å². The Balaban J connectivity index is 2.04. The predicted molar refractivity (Wildman–Crippen MR) is 67.0 cm³/mol. The zero-order valence-corrected chi connectivity index (χ0v) is 10.2. The van der Waals surface area contributed by atoms with Gasteiger partial charge in [0.25, 0.3) is 5.91 Å². The van der Waals surface area contributed by atoms with Gasteiger partial charge in [-0.1, -0.05) is 19.9 Å². The lowest BCUT2D eigenvalue weighted by molar-refractivity contribution is 0.0947. The predicted octanol–water partition coefficient (Wildman–Crippen LogP) is 2.11. The first-order valence-corrected chi connectivity index (χ1v) is 5.89. The van der Waals surface area contributed by atoms with E-state index in [9.17, 15) is 4.79 Å². The molecule has 90 valence electrons. The van der Waals surface area contributed by atoms with Crippen LogP contribution >= 0.6 is 0 Å². The third-order valence-corrected chi connectivity index (χ3v) is 2.60. The molecule has 1 amide bonds. The summed E-state index contributed by atoms with van der Waals surface area (Å²) in [7, 11) is 0. The highest BCUT2D eigenvalue weighted by Crippen LogP contribution is 2.04. The van der Waals surface area contributed by atoms with Crippen LogP contribution in [0.1, 0.15) is 30.8 Å². The second-order valence-electron chi connectivity index (χ2n) is 4.53. The van der Waals surface area contributed by atoms with Crippen LogP contribution in [0.5, 0.6) is 0 Å². The first kappa shape index (κ1) is 11.6. The van der Waals surface area contributed by atoms with Crippen LogP contribution in [0.3, 0.4) is 0 Å². The lowest BCUT2D eigenvalue weighted by atomic mass is 10.1. The first-order chi connectivity index (χ1) is 8.16. The maximum absolute atomic E-state index is 11.8. The average Bonchev–Trinajstić information content (AvgIpc) is 2.71. The summed E-state index contributed by atoms with van der Waals surface area (Å²) in [5.74, 6) is 0.491. The zero-order chi connectivity index (χ0) is 12.3. The number of fused-ring (bicyclic) bond motifs is 1. The maximum atomic E-state index is 11.8. The number of aromatic nitrogens is 2. The number of nitrogens with zero attached hydrogens (tertiary/aromatic N) is 2. The van der Waals surface area contributed by atoms with Crippen molar-refractivity contribution >= 4 is 11.6 Å². The minimum absolute atomic E-state index is 0.102. The second-order valence-corrected chi connectivity index (χ2v) is 4.53. The quantitative estimate of drug-likeness (QED) is 0.876.